The third-order valence-electron chi connectivity index (χ3n) is 4.72. The zero-order chi connectivity index (χ0) is 20.8. The van der Waals surface area contributed by atoms with Crippen LogP contribution in [0.25, 0.3) is 11.1 Å². The monoisotopic (exact) mass is 398 g/mol. The van der Waals surface area contributed by atoms with Crippen LogP contribution in [0.15, 0.2) is 91.4 Å². The molecule has 2 aromatic heterocycles. The maximum atomic E-state index is 14.0. The summed E-state index contributed by atoms with van der Waals surface area (Å²) in [6.45, 7) is 0.330. The molecule has 4 rings (SSSR count). The first-order valence-electron chi connectivity index (χ1n) is 9.54. The second kappa shape index (κ2) is 9.09. The minimum Gasteiger partial charge on any atom is -0.488 e. The largest absolute Gasteiger partial charge is 0.488 e. The molecule has 148 valence electrons. The summed E-state index contributed by atoms with van der Waals surface area (Å²) in [7, 11) is 0. The molecule has 0 aliphatic rings. The van der Waals surface area contributed by atoms with E-state index in [2.05, 4.69) is 9.97 Å². The predicted octanol–water partition coefficient (Wildman–Crippen LogP) is 5.29. The van der Waals surface area contributed by atoms with Crippen molar-refractivity contribution in [3.05, 3.63) is 114 Å². The lowest BCUT2D eigenvalue weighted by molar-refractivity contribution is 0.0987. The van der Waals surface area contributed by atoms with Gasteiger partial charge in [-0.05, 0) is 47.0 Å². The molecule has 5 heteroatoms. The number of Topliss-reactive ketones (excluding diaryl/α,β-unsaturated/α-hetero) is 1. The lowest BCUT2D eigenvalue weighted by atomic mass is 9.98. The van der Waals surface area contributed by atoms with E-state index in [0.717, 1.165) is 16.7 Å². The van der Waals surface area contributed by atoms with Gasteiger partial charge in [0.15, 0.2) is 5.78 Å². The molecule has 0 amide bonds. The Morgan fingerprint density at radius 2 is 1.67 bits per heavy atom. The summed E-state index contributed by atoms with van der Waals surface area (Å²) in [6.07, 6.45) is 4.66. The highest BCUT2D eigenvalue weighted by Crippen LogP contribution is 2.28. The maximum Gasteiger partial charge on any atom is 0.216 e. The minimum absolute atomic E-state index is 0.0961. The molecule has 2 heterocycles. The van der Waals surface area contributed by atoms with Gasteiger partial charge < -0.3 is 4.74 Å². The highest BCUT2D eigenvalue weighted by atomic mass is 19.1. The number of carbonyl (C=O) groups is 1. The van der Waals surface area contributed by atoms with Crippen molar-refractivity contribution in [3.63, 3.8) is 0 Å². The van der Waals surface area contributed by atoms with Crippen LogP contribution in [0, 0.1) is 5.95 Å². The molecule has 0 bridgehead atoms. The van der Waals surface area contributed by atoms with Crippen molar-refractivity contribution in [3.8, 4) is 16.9 Å². The Kier molecular flexibility index (Phi) is 5.90. The summed E-state index contributed by atoms with van der Waals surface area (Å²) in [4.78, 5) is 20.8. The summed E-state index contributed by atoms with van der Waals surface area (Å²) >= 11 is 0. The zero-order valence-corrected chi connectivity index (χ0v) is 16.2. The lowest BCUT2D eigenvalue weighted by Crippen LogP contribution is -2.09. The maximum absolute atomic E-state index is 14.0. The minimum atomic E-state index is -0.636. The number of ether oxygens (including phenoxy) is 1. The SMILES string of the molecule is O=C(Cc1cccnc1F)c1cc(-c2ccncc2)ccc1OCc1ccccc1. The number of benzene rings is 2. The van der Waals surface area contributed by atoms with Crippen LogP contribution in [0.4, 0.5) is 4.39 Å². The molecule has 30 heavy (non-hydrogen) atoms. The molecule has 4 aromatic rings. The van der Waals surface area contributed by atoms with Gasteiger partial charge in [0, 0.05) is 30.6 Å². The van der Waals surface area contributed by atoms with E-state index >= 15 is 0 Å². The third kappa shape index (κ3) is 4.58. The molecule has 2 aromatic carbocycles. The van der Waals surface area contributed by atoms with Gasteiger partial charge in [0.2, 0.25) is 5.95 Å². The van der Waals surface area contributed by atoms with Crippen molar-refractivity contribution in [2.75, 3.05) is 0 Å². The molecule has 0 aliphatic carbocycles. The van der Waals surface area contributed by atoms with E-state index in [0.29, 0.717) is 17.9 Å². The summed E-state index contributed by atoms with van der Waals surface area (Å²) in [6, 6.07) is 22.1. The van der Waals surface area contributed by atoms with Crippen molar-refractivity contribution in [1.82, 2.24) is 9.97 Å². The van der Waals surface area contributed by atoms with Crippen LogP contribution in [0.2, 0.25) is 0 Å². The molecule has 0 saturated carbocycles. The van der Waals surface area contributed by atoms with Crippen LogP contribution in [0.1, 0.15) is 21.5 Å². The first kappa shape index (κ1) is 19.5. The number of halogens is 1. The summed E-state index contributed by atoms with van der Waals surface area (Å²) in [5.41, 5.74) is 3.45. The standard InChI is InChI=1S/C25H19FN2O2/c26-25-21(7-4-12-28-25)16-23(29)22-15-20(19-10-13-27-14-11-19)8-9-24(22)30-17-18-5-2-1-3-6-18/h1-15H,16-17H2. The molecule has 0 aliphatic heterocycles. The Morgan fingerprint density at radius 3 is 2.43 bits per heavy atom. The number of hydrogen-bond donors (Lipinski definition) is 0. The molecule has 0 radical (unpaired) electrons. The Labute approximate surface area is 174 Å². The Balaban J connectivity index is 1.66. The van der Waals surface area contributed by atoms with E-state index in [-0.39, 0.29) is 17.8 Å². The van der Waals surface area contributed by atoms with Crippen molar-refractivity contribution in [1.29, 1.82) is 0 Å². The van der Waals surface area contributed by atoms with Gasteiger partial charge in [0.1, 0.15) is 12.4 Å². The normalized spacial score (nSPS) is 10.6. The van der Waals surface area contributed by atoms with Gasteiger partial charge >= 0.3 is 0 Å². The highest BCUT2D eigenvalue weighted by Gasteiger charge is 2.17. The molecule has 0 unspecified atom stereocenters. The van der Waals surface area contributed by atoms with Gasteiger partial charge in [-0.2, -0.15) is 4.39 Å². The van der Waals surface area contributed by atoms with Gasteiger partial charge in [-0.15, -0.1) is 0 Å². The third-order valence-corrected chi connectivity index (χ3v) is 4.72. The average Bonchev–Trinajstić information content (AvgIpc) is 2.80. The van der Waals surface area contributed by atoms with Crippen molar-refractivity contribution >= 4 is 5.78 Å². The molecule has 0 fully saturated rings. The zero-order valence-electron chi connectivity index (χ0n) is 16.2. The second-order valence-electron chi connectivity index (χ2n) is 6.77. The number of pyridine rings is 2. The Hall–Kier alpha value is -3.86. The van der Waals surface area contributed by atoms with Crippen LogP contribution in [0.5, 0.6) is 5.75 Å². The summed E-state index contributed by atoms with van der Waals surface area (Å²) in [5, 5.41) is 0. The van der Waals surface area contributed by atoms with Crippen LogP contribution < -0.4 is 4.74 Å². The molecule has 0 spiro atoms. The molecule has 0 N–H and O–H groups in total. The van der Waals surface area contributed by atoms with Gasteiger partial charge in [0.05, 0.1) is 5.56 Å². The van der Waals surface area contributed by atoms with Gasteiger partial charge in [0.25, 0.3) is 0 Å². The molecular weight excluding hydrogens is 379 g/mol. The van der Waals surface area contributed by atoms with Crippen LogP contribution in [-0.4, -0.2) is 15.8 Å². The highest BCUT2D eigenvalue weighted by molar-refractivity contribution is 6.01. The fraction of sp³-hybridized carbons (Fsp3) is 0.0800. The smallest absolute Gasteiger partial charge is 0.216 e. The number of hydrogen-bond acceptors (Lipinski definition) is 4. The van der Waals surface area contributed by atoms with E-state index < -0.39 is 5.95 Å². The number of rotatable bonds is 7. The van der Waals surface area contributed by atoms with Crippen LogP contribution in [0.3, 0.4) is 0 Å². The first-order valence-corrected chi connectivity index (χ1v) is 9.54. The van der Waals surface area contributed by atoms with E-state index in [1.54, 1.807) is 36.7 Å². The Bertz CT molecular complexity index is 1150. The summed E-state index contributed by atoms with van der Waals surface area (Å²) in [5.74, 6) is -0.408. The molecule has 0 atom stereocenters. The topological polar surface area (TPSA) is 52.1 Å². The van der Waals surface area contributed by atoms with E-state index in [9.17, 15) is 9.18 Å². The van der Waals surface area contributed by atoms with E-state index in [1.165, 1.54) is 6.20 Å². The molecular formula is C25H19FN2O2. The fourth-order valence-electron chi connectivity index (χ4n) is 3.15. The number of ketones is 1. The van der Waals surface area contributed by atoms with Gasteiger partial charge in [-0.25, -0.2) is 4.98 Å². The number of nitrogens with zero attached hydrogens (tertiary/aromatic N) is 2. The number of carbonyl (C=O) groups excluding carboxylic acids is 1. The molecule has 0 saturated heterocycles. The van der Waals surface area contributed by atoms with Gasteiger partial charge in [-0.1, -0.05) is 42.5 Å². The van der Waals surface area contributed by atoms with Crippen molar-refractivity contribution in [2.45, 2.75) is 13.0 Å². The van der Waals surface area contributed by atoms with Crippen molar-refractivity contribution < 1.29 is 13.9 Å². The first-order chi connectivity index (χ1) is 14.7. The predicted molar refractivity (Wildman–Crippen MR) is 113 cm³/mol. The van der Waals surface area contributed by atoms with Crippen LogP contribution >= 0.6 is 0 Å². The van der Waals surface area contributed by atoms with E-state index in [4.69, 9.17) is 4.74 Å². The molecule has 4 nitrogen and oxygen atoms in total. The Morgan fingerprint density at radius 1 is 0.867 bits per heavy atom. The fourth-order valence-corrected chi connectivity index (χ4v) is 3.15. The quantitative estimate of drug-likeness (QED) is 0.314. The summed E-state index contributed by atoms with van der Waals surface area (Å²) < 4.78 is 19.9. The second-order valence-corrected chi connectivity index (χ2v) is 6.77. The van der Waals surface area contributed by atoms with Gasteiger partial charge in [-0.3, -0.25) is 9.78 Å². The van der Waals surface area contributed by atoms with Crippen molar-refractivity contribution in [2.24, 2.45) is 0 Å². The lowest BCUT2D eigenvalue weighted by Gasteiger charge is -2.13. The number of aromatic nitrogens is 2. The average molecular weight is 398 g/mol. The van der Waals surface area contributed by atoms with Crippen LogP contribution in [-0.2, 0) is 13.0 Å². The van der Waals surface area contributed by atoms with E-state index in [1.807, 2.05) is 48.5 Å².